The van der Waals surface area contributed by atoms with Gasteiger partial charge in [0.2, 0.25) is 0 Å². The maximum atomic E-state index is 11.2. The predicted molar refractivity (Wildman–Crippen MR) is 59.1 cm³/mol. The number of hydrogen-bond donors (Lipinski definition) is 2. The molecule has 0 rings (SSSR count). The maximum Gasteiger partial charge on any atom is 0.339 e. The number of halogens is 1. The van der Waals surface area contributed by atoms with E-state index in [1.54, 1.807) is 26.0 Å². The lowest BCUT2D eigenvalue weighted by molar-refractivity contribution is -0.150. The minimum absolute atomic E-state index is 0.0215. The maximum absolute atomic E-state index is 11.2. The number of ether oxygens (including phenoxy) is 1. The van der Waals surface area contributed by atoms with Gasteiger partial charge in [0.25, 0.3) is 0 Å². The Balaban J connectivity index is 4.78. The molecule has 0 aromatic carbocycles. The summed E-state index contributed by atoms with van der Waals surface area (Å²) >= 11 is 5.43. The van der Waals surface area contributed by atoms with Crippen molar-refractivity contribution in [3.63, 3.8) is 0 Å². The van der Waals surface area contributed by atoms with E-state index in [1.807, 2.05) is 0 Å². The van der Waals surface area contributed by atoms with Gasteiger partial charge in [0, 0.05) is 5.57 Å². The van der Waals surface area contributed by atoms with E-state index in [0.29, 0.717) is 0 Å². The van der Waals surface area contributed by atoms with E-state index in [0.717, 1.165) is 0 Å². The quantitative estimate of drug-likeness (QED) is 0.429. The summed E-state index contributed by atoms with van der Waals surface area (Å²) in [7, 11) is 0. The van der Waals surface area contributed by atoms with Gasteiger partial charge in [-0.15, -0.1) is 0 Å². The van der Waals surface area contributed by atoms with Crippen molar-refractivity contribution in [3.05, 3.63) is 23.8 Å². The van der Waals surface area contributed by atoms with E-state index >= 15 is 0 Å². The number of carbonyl (C=O) groups excluding carboxylic acids is 1. The Kier molecular flexibility index (Phi) is 6.66. The Hall–Kier alpha value is -1.13. The number of carbonyl (C=O) groups is 1. The molecule has 4 nitrogen and oxygen atoms in total. The van der Waals surface area contributed by atoms with Crippen LogP contribution >= 0.6 is 11.6 Å². The van der Waals surface area contributed by atoms with Crippen molar-refractivity contribution in [2.24, 2.45) is 0 Å². The van der Waals surface area contributed by atoms with Crippen LogP contribution in [0.2, 0.25) is 0 Å². The Morgan fingerprint density at radius 2 is 2.27 bits per heavy atom. The number of nitrogens with one attached hydrogen (secondary N) is 1. The zero-order chi connectivity index (χ0) is 11.8. The van der Waals surface area contributed by atoms with E-state index in [9.17, 15) is 9.90 Å². The fourth-order valence-electron chi connectivity index (χ4n) is 0.832. The molecule has 0 aliphatic carbocycles. The molecule has 0 aromatic rings. The molecule has 0 bridgehead atoms. The van der Waals surface area contributed by atoms with E-state index in [1.165, 1.54) is 6.08 Å². The minimum atomic E-state index is -1.51. The van der Waals surface area contributed by atoms with Crippen molar-refractivity contribution in [1.29, 1.82) is 5.41 Å². The van der Waals surface area contributed by atoms with E-state index in [-0.39, 0.29) is 17.4 Å². The monoisotopic (exact) mass is 231 g/mol. The standard InChI is InChI=1S/C10H14ClNO3/c1-3-5-6-7(9(11)12)8(13)10(14)15-4-2/h3,5-6,8,12-13H,4H2,1-2H3/b5-3-,7-6-,12-9?. The number of allylic oxidation sites excluding steroid dienone is 3. The Morgan fingerprint density at radius 3 is 2.67 bits per heavy atom. The molecule has 0 amide bonds. The third kappa shape index (κ3) is 4.76. The smallest absolute Gasteiger partial charge is 0.339 e. The number of hydrogen-bond acceptors (Lipinski definition) is 4. The highest BCUT2D eigenvalue weighted by molar-refractivity contribution is 6.69. The van der Waals surface area contributed by atoms with E-state index in [4.69, 9.17) is 17.0 Å². The van der Waals surface area contributed by atoms with E-state index in [2.05, 4.69) is 4.74 Å². The molecule has 0 radical (unpaired) electrons. The van der Waals surface area contributed by atoms with Gasteiger partial charge in [0.15, 0.2) is 6.10 Å². The van der Waals surface area contributed by atoms with Crippen molar-refractivity contribution < 1.29 is 14.6 Å². The highest BCUT2D eigenvalue weighted by atomic mass is 35.5. The summed E-state index contributed by atoms with van der Waals surface area (Å²) in [6, 6.07) is 0. The topological polar surface area (TPSA) is 70.4 Å². The molecule has 0 spiro atoms. The van der Waals surface area contributed by atoms with Crippen molar-refractivity contribution in [3.8, 4) is 0 Å². The molecule has 5 heteroatoms. The Morgan fingerprint density at radius 1 is 1.67 bits per heavy atom. The molecule has 1 atom stereocenters. The van der Waals surface area contributed by atoms with Gasteiger partial charge in [-0.25, -0.2) is 4.79 Å². The zero-order valence-corrected chi connectivity index (χ0v) is 9.41. The second-order valence-electron chi connectivity index (χ2n) is 2.62. The van der Waals surface area contributed by atoms with Crippen LogP contribution in [0.4, 0.5) is 0 Å². The lowest BCUT2D eigenvalue weighted by Crippen LogP contribution is -2.27. The number of aliphatic hydroxyl groups excluding tert-OH is 1. The highest BCUT2D eigenvalue weighted by Gasteiger charge is 2.22. The Bertz CT molecular complexity index is 297. The summed E-state index contributed by atoms with van der Waals surface area (Å²) in [6.45, 7) is 3.57. The molecule has 84 valence electrons. The van der Waals surface area contributed by atoms with Crippen molar-refractivity contribution in [2.45, 2.75) is 20.0 Å². The van der Waals surface area contributed by atoms with Crippen LogP contribution in [0.15, 0.2) is 23.8 Å². The molecule has 0 aliphatic heterocycles. The van der Waals surface area contributed by atoms with Crippen LogP contribution in [-0.2, 0) is 9.53 Å². The van der Waals surface area contributed by atoms with Gasteiger partial charge >= 0.3 is 5.97 Å². The fraction of sp³-hybridized carbons (Fsp3) is 0.400. The third-order valence-corrected chi connectivity index (χ3v) is 1.74. The first kappa shape index (κ1) is 13.9. The first-order valence-corrected chi connectivity index (χ1v) is 4.84. The van der Waals surface area contributed by atoms with Gasteiger partial charge in [-0.05, 0) is 13.8 Å². The minimum Gasteiger partial charge on any atom is -0.464 e. The number of aliphatic hydroxyl groups is 1. The van der Waals surface area contributed by atoms with Gasteiger partial charge in [0.1, 0.15) is 5.17 Å². The highest BCUT2D eigenvalue weighted by Crippen LogP contribution is 2.09. The van der Waals surface area contributed by atoms with Gasteiger partial charge in [-0.2, -0.15) is 0 Å². The fourth-order valence-corrected chi connectivity index (χ4v) is 0.999. The van der Waals surface area contributed by atoms with Crippen molar-refractivity contribution in [2.75, 3.05) is 6.61 Å². The van der Waals surface area contributed by atoms with Crippen LogP contribution in [0.1, 0.15) is 13.8 Å². The van der Waals surface area contributed by atoms with Crippen LogP contribution < -0.4 is 0 Å². The Labute approximate surface area is 93.7 Å². The number of esters is 1. The van der Waals surface area contributed by atoms with Gasteiger partial charge in [-0.1, -0.05) is 29.8 Å². The van der Waals surface area contributed by atoms with Crippen LogP contribution in [0.3, 0.4) is 0 Å². The number of rotatable bonds is 5. The molecule has 0 fully saturated rings. The average Bonchev–Trinajstić information content (AvgIpc) is 2.18. The first-order chi connectivity index (χ1) is 7.04. The van der Waals surface area contributed by atoms with E-state index < -0.39 is 12.1 Å². The molecular weight excluding hydrogens is 218 g/mol. The molecule has 0 saturated heterocycles. The largest absolute Gasteiger partial charge is 0.464 e. The molecule has 0 aromatic heterocycles. The predicted octanol–water partition coefficient (Wildman–Crippen LogP) is 1.63. The van der Waals surface area contributed by atoms with Crippen molar-refractivity contribution >= 4 is 22.7 Å². The first-order valence-electron chi connectivity index (χ1n) is 4.46. The molecular formula is C10H14ClNO3. The van der Waals surface area contributed by atoms with Crippen molar-refractivity contribution in [1.82, 2.24) is 0 Å². The molecule has 1 unspecified atom stereocenters. The van der Waals surface area contributed by atoms with Crippen LogP contribution in [0, 0.1) is 5.41 Å². The SMILES string of the molecule is C/C=C\C=C(/C(=N)Cl)C(O)C(=O)OCC. The normalized spacial score (nSPS) is 14.0. The average molecular weight is 232 g/mol. The molecule has 0 saturated carbocycles. The summed E-state index contributed by atoms with van der Waals surface area (Å²) in [4.78, 5) is 11.2. The van der Waals surface area contributed by atoms with Crippen LogP contribution in [-0.4, -0.2) is 29.0 Å². The van der Waals surface area contributed by atoms with Crippen LogP contribution in [0.5, 0.6) is 0 Å². The molecule has 0 aliphatic rings. The summed E-state index contributed by atoms with van der Waals surface area (Å²) in [6.07, 6.45) is 3.16. The van der Waals surface area contributed by atoms with Gasteiger partial charge < -0.3 is 9.84 Å². The van der Waals surface area contributed by atoms with Gasteiger partial charge in [-0.3, -0.25) is 5.41 Å². The summed E-state index contributed by atoms with van der Waals surface area (Å²) in [5.41, 5.74) is 0.0215. The van der Waals surface area contributed by atoms with Gasteiger partial charge in [0.05, 0.1) is 6.61 Å². The lowest BCUT2D eigenvalue weighted by atomic mass is 10.1. The molecule has 0 heterocycles. The molecule has 15 heavy (non-hydrogen) atoms. The molecule has 2 N–H and O–H groups in total. The van der Waals surface area contributed by atoms with Crippen LogP contribution in [0.25, 0.3) is 0 Å². The zero-order valence-electron chi connectivity index (χ0n) is 8.66. The summed E-state index contributed by atoms with van der Waals surface area (Å²) < 4.78 is 4.61. The summed E-state index contributed by atoms with van der Waals surface area (Å²) in [5, 5.41) is 16.3. The second-order valence-corrected chi connectivity index (χ2v) is 2.99. The third-order valence-electron chi connectivity index (χ3n) is 1.53. The second kappa shape index (κ2) is 7.20. The lowest BCUT2D eigenvalue weighted by Gasteiger charge is -2.11. The summed E-state index contributed by atoms with van der Waals surface area (Å²) in [5.74, 6) is -0.807.